The van der Waals surface area contributed by atoms with Crippen LogP contribution in [0.15, 0.2) is 72.8 Å². The quantitative estimate of drug-likeness (QED) is 0.157. The van der Waals surface area contributed by atoms with Crippen molar-refractivity contribution in [3.8, 4) is 11.5 Å². The van der Waals surface area contributed by atoms with Crippen LogP contribution in [0, 0.1) is 0 Å². The van der Waals surface area contributed by atoms with Gasteiger partial charge in [-0.3, -0.25) is 4.79 Å². The second-order valence-electron chi connectivity index (χ2n) is 12.5. The number of anilines is 1. The van der Waals surface area contributed by atoms with E-state index in [1.54, 1.807) is 74.5 Å². The first kappa shape index (κ1) is 39.1. The number of likely N-dealkylation sites (N-methyl/N-ethyl adjacent to an activating group) is 1. The number of halogens is 3. The van der Waals surface area contributed by atoms with Gasteiger partial charge in [0, 0.05) is 17.7 Å². The lowest BCUT2D eigenvalue weighted by atomic mass is 10.00. The number of carboxylic acid groups (broad SMARTS) is 1. The number of aromatic hydroxyl groups is 2. The number of piperidine rings is 1. The van der Waals surface area contributed by atoms with E-state index in [9.17, 15) is 37.8 Å². The van der Waals surface area contributed by atoms with E-state index >= 15 is 0 Å². The Morgan fingerprint density at radius 1 is 0.960 bits per heavy atom. The van der Waals surface area contributed by atoms with Gasteiger partial charge in [0.05, 0.1) is 37.8 Å². The lowest BCUT2D eigenvalue weighted by Gasteiger charge is -2.42. The highest BCUT2D eigenvalue weighted by atomic mass is 19.4. The molecular formula is C35H41F3N4O8. The molecular weight excluding hydrogens is 661 g/mol. The molecule has 0 saturated carbocycles. The van der Waals surface area contributed by atoms with Crippen LogP contribution in [0.5, 0.6) is 11.5 Å². The van der Waals surface area contributed by atoms with Crippen LogP contribution in [-0.2, 0) is 27.3 Å². The molecule has 5 N–H and O–H groups in total. The maximum absolute atomic E-state index is 13.6. The summed E-state index contributed by atoms with van der Waals surface area (Å²) < 4.78 is 37.5. The Bertz CT molecular complexity index is 1620. The number of hydrogen-bond donors (Lipinski definition) is 5. The van der Waals surface area contributed by atoms with Crippen LogP contribution in [0.1, 0.15) is 48.2 Å². The number of phenolic OH excluding ortho intramolecular Hbond substituents is 2. The topological polar surface area (TPSA) is 177 Å². The van der Waals surface area contributed by atoms with Crippen LogP contribution in [-0.4, -0.2) is 83.1 Å². The summed E-state index contributed by atoms with van der Waals surface area (Å²) >= 11 is 0. The number of nitrogens with zero attached hydrogens (tertiary/aromatic N) is 1. The highest BCUT2D eigenvalue weighted by Gasteiger charge is 2.34. The fraction of sp³-hybridized carbons (Fsp3) is 0.371. The van der Waals surface area contributed by atoms with Crippen molar-refractivity contribution < 1.29 is 56.9 Å². The van der Waals surface area contributed by atoms with Crippen molar-refractivity contribution >= 4 is 29.6 Å². The number of alkyl halides is 3. The zero-order valence-corrected chi connectivity index (χ0v) is 27.8. The predicted octanol–water partition coefficient (Wildman–Crippen LogP) is 3.62. The SMILES string of the molecule is CC(C)OC(=O)c1ccc(NC(=O)N[C@@H](Cc2ccc(O)cc2)C(=O)N[C@H]2CCC[N+](C)(Cc3cccc(O)c3)C2)cc1.O=C([O-])C(F)(F)F. The molecule has 1 saturated heterocycles. The van der Waals surface area contributed by atoms with Gasteiger partial charge in [0.15, 0.2) is 0 Å². The molecule has 1 unspecified atom stereocenters. The average molecular weight is 703 g/mol. The molecule has 0 bridgehead atoms. The Labute approximate surface area is 287 Å². The number of hydrogen-bond acceptors (Lipinski definition) is 8. The smallest absolute Gasteiger partial charge is 0.430 e. The number of carbonyl (C=O) groups is 4. The number of nitrogens with one attached hydrogen (secondary N) is 3. The summed E-state index contributed by atoms with van der Waals surface area (Å²) in [7, 11) is 2.15. The van der Waals surface area contributed by atoms with E-state index in [1.165, 1.54) is 0 Å². The second kappa shape index (κ2) is 17.4. The van der Waals surface area contributed by atoms with Gasteiger partial charge in [0.25, 0.3) is 0 Å². The van der Waals surface area contributed by atoms with E-state index in [2.05, 4.69) is 23.0 Å². The number of ether oxygens (including phenoxy) is 1. The van der Waals surface area contributed by atoms with Gasteiger partial charge in [-0.15, -0.1) is 0 Å². The summed E-state index contributed by atoms with van der Waals surface area (Å²) in [6.45, 7) is 5.93. The number of carboxylic acids is 1. The largest absolute Gasteiger partial charge is 0.542 e. The van der Waals surface area contributed by atoms with Crippen molar-refractivity contribution in [3.63, 3.8) is 0 Å². The monoisotopic (exact) mass is 702 g/mol. The van der Waals surface area contributed by atoms with Crippen molar-refractivity contribution in [3.05, 3.63) is 89.5 Å². The Morgan fingerprint density at radius 3 is 2.18 bits per heavy atom. The van der Waals surface area contributed by atoms with Crippen molar-refractivity contribution in [2.24, 2.45) is 0 Å². The molecule has 3 atom stereocenters. The summed E-state index contributed by atoms with van der Waals surface area (Å²) in [5.41, 5.74) is 2.63. The zero-order chi connectivity index (χ0) is 37.1. The minimum absolute atomic E-state index is 0.0890. The average Bonchev–Trinajstić information content (AvgIpc) is 3.01. The molecule has 0 aliphatic carbocycles. The van der Waals surface area contributed by atoms with Crippen LogP contribution >= 0.6 is 0 Å². The number of likely N-dealkylation sites (tertiary alicyclic amines) is 1. The molecule has 0 spiro atoms. The van der Waals surface area contributed by atoms with Crippen LogP contribution in [0.25, 0.3) is 0 Å². The second-order valence-corrected chi connectivity index (χ2v) is 12.5. The molecule has 3 aromatic carbocycles. The highest BCUT2D eigenvalue weighted by molar-refractivity contribution is 5.95. The Balaban J connectivity index is 0.000000872. The molecule has 15 heteroatoms. The van der Waals surface area contributed by atoms with Gasteiger partial charge in [0.2, 0.25) is 5.91 Å². The third-order valence-electron chi connectivity index (χ3n) is 7.68. The molecule has 3 amide bonds. The number of rotatable bonds is 10. The molecule has 1 aliphatic rings. The maximum Gasteiger partial charge on any atom is 0.430 e. The van der Waals surface area contributed by atoms with Gasteiger partial charge in [0.1, 0.15) is 30.1 Å². The fourth-order valence-corrected chi connectivity index (χ4v) is 5.47. The first-order valence-corrected chi connectivity index (χ1v) is 15.8. The molecule has 1 fully saturated rings. The van der Waals surface area contributed by atoms with Gasteiger partial charge < -0.3 is 45.3 Å². The lowest BCUT2D eigenvalue weighted by molar-refractivity contribution is -0.927. The van der Waals surface area contributed by atoms with E-state index < -0.39 is 30.2 Å². The van der Waals surface area contributed by atoms with Crippen molar-refractivity contribution in [2.75, 3.05) is 25.5 Å². The lowest BCUT2D eigenvalue weighted by Crippen LogP contribution is -2.59. The maximum atomic E-state index is 13.6. The Morgan fingerprint density at radius 2 is 1.60 bits per heavy atom. The van der Waals surface area contributed by atoms with Gasteiger partial charge in [-0.1, -0.05) is 24.3 Å². The molecule has 1 heterocycles. The van der Waals surface area contributed by atoms with Gasteiger partial charge in [-0.2, -0.15) is 13.2 Å². The standard InChI is InChI=1S/C33H40N4O6.C2HF3O2/c1-22(2)43-32(41)25-11-13-26(14-12-25)35-33(42)36-30(19-23-9-15-28(38)16-10-23)31(40)34-27-7-5-17-37(3,21-27)20-24-6-4-8-29(39)18-24;3-2(4,5)1(6)7/h4,6,8-16,18,22,27,30H,5,7,17,19-21H2,1-3H3,(H4-,34,35,36,38,39,40,41,42);(H,6,7)/t27-,30-,37?;/m0./s1. The summed E-state index contributed by atoms with van der Waals surface area (Å²) in [4.78, 5) is 47.5. The van der Waals surface area contributed by atoms with Crippen molar-refractivity contribution in [1.29, 1.82) is 0 Å². The van der Waals surface area contributed by atoms with Gasteiger partial charge in [-0.05, 0) is 80.8 Å². The number of urea groups is 1. The van der Waals surface area contributed by atoms with Crippen molar-refractivity contribution in [2.45, 2.75) is 64.0 Å². The fourth-order valence-electron chi connectivity index (χ4n) is 5.47. The van der Waals surface area contributed by atoms with E-state index in [-0.39, 0.29) is 36.0 Å². The molecule has 0 radical (unpaired) electrons. The third kappa shape index (κ3) is 13.0. The van der Waals surface area contributed by atoms with Crippen LogP contribution in [0.3, 0.4) is 0 Å². The van der Waals surface area contributed by atoms with Gasteiger partial charge in [-0.25, -0.2) is 9.59 Å². The van der Waals surface area contributed by atoms with E-state index in [1.807, 2.05) is 12.1 Å². The number of carbonyl (C=O) groups excluding carboxylic acids is 4. The first-order valence-electron chi connectivity index (χ1n) is 15.8. The van der Waals surface area contributed by atoms with Crippen LogP contribution < -0.4 is 21.1 Å². The molecule has 12 nitrogen and oxygen atoms in total. The minimum atomic E-state index is -5.19. The van der Waals surface area contributed by atoms with Crippen molar-refractivity contribution in [1.82, 2.24) is 10.6 Å². The Hall–Kier alpha value is -5.31. The highest BCUT2D eigenvalue weighted by Crippen LogP contribution is 2.23. The van der Waals surface area contributed by atoms with E-state index in [4.69, 9.17) is 14.6 Å². The number of amides is 3. The Kier molecular flexibility index (Phi) is 13.6. The minimum Gasteiger partial charge on any atom is -0.542 e. The number of phenols is 2. The normalized spacial score (nSPS) is 17.8. The first-order chi connectivity index (χ1) is 23.4. The predicted molar refractivity (Wildman–Crippen MR) is 175 cm³/mol. The number of aliphatic carboxylic acids is 1. The number of benzene rings is 3. The molecule has 270 valence electrons. The zero-order valence-electron chi connectivity index (χ0n) is 27.8. The summed E-state index contributed by atoms with van der Waals surface area (Å²) in [6, 6.07) is 18.6. The number of esters is 1. The molecule has 50 heavy (non-hydrogen) atoms. The summed E-state index contributed by atoms with van der Waals surface area (Å²) in [5.74, 6) is -3.41. The van der Waals surface area contributed by atoms with E-state index in [0.717, 1.165) is 37.1 Å². The molecule has 1 aliphatic heterocycles. The summed E-state index contributed by atoms with van der Waals surface area (Å²) in [6.07, 6.45) is -3.46. The molecule has 0 aromatic heterocycles. The van der Waals surface area contributed by atoms with E-state index in [0.29, 0.717) is 22.3 Å². The van der Waals surface area contributed by atoms with Crippen LogP contribution in [0.2, 0.25) is 0 Å². The summed E-state index contributed by atoms with van der Waals surface area (Å²) in [5, 5.41) is 37.1. The van der Waals surface area contributed by atoms with Crippen LogP contribution in [0.4, 0.5) is 23.7 Å². The molecule has 3 aromatic rings. The van der Waals surface area contributed by atoms with Gasteiger partial charge >= 0.3 is 18.2 Å². The third-order valence-corrected chi connectivity index (χ3v) is 7.68. The number of quaternary nitrogens is 1. The molecule has 4 rings (SSSR count).